The lowest BCUT2D eigenvalue weighted by atomic mass is 9.99. The van der Waals surface area contributed by atoms with Crippen LogP contribution in [0.3, 0.4) is 0 Å². The molecule has 2 nitrogen and oxygen atoms in total. The van der Waals surface area contributed by atoms with Crippen molar-refractivity contribution in [3.05, 3.63) is 76.7 Å². The smallest absolute Gasteiger partial charge is 0.124 e. The van der Waals surface area contributed by atoms with Crippen LogP contribution in [0, 0.1) is 5.82 Å². The van der Waals surface area contributed by atoms with E-state index in [0.717, 1.165) is 16.5 Å². The molecule has 2 aromatic carbocycles. The molecular weight excluding hydrogens is 289 g/mol. The lowest BCUT2D eigenvalue weighted by Gasteiger charge is -2.14. The molecule has 0 fully saturated rings. The maximum atomic E-state index is 13.1. The van der Waals surface area contributed by atoms with Crippen molar-refractivity contribution in [2.75, 3.05) is 0 Å². The van der Waals surface area contributed by atoms with E-state index in [9.17, 15) is 9.50 Å². The van der Waals surface area contributed by atoms with Crippen molar-refractivity contribution in [1.29, 1.82) is 0 Å². The van der Waals surface area contributed by atoms with Gasteiger partial charge in [-0.15, -0.1) is 0 Å². The van der Waals surface area contributed by atoms with Gasteiger partial charge in [0.15, 0.2) is 0 Å². The fourth-order valence-corrected chi connectivity index (χ4v) is 2.72. The Hall–Kier alpha value is -1.97. The first-order valence-electron chi connectivity index (χ1n) is 6.61. The van der Waals surface area contributed by atoms with Gasteiger partial charge in [0.1, 0.15) is 5.82 Å². The van der Waals surface area contributed by atoms with Crippen molar-refractivity contribution < 1.29 is 9.50 Å². The molecule has 3 rings (SSSR count). The molecule has 4 heteroatoms. The summed E-state index contributed by atoms with van der Waals surface area (Å²) >= 11 is 6.00. The highest BCUT2D eigenvalue weighted by molar-refractivity contribution is 6.31. The average Bonchev–Trinajstić information content (AvgIpc) is 2.47. The number of aromatic nitrogens is 1. The van der Waals surface area contributed by atoms with E-state index in [1.54, 1.807) is 6.20 Å². The fraction of sp³-hybridized carbons (Fsp3) is 0.118. The van der Waals surface area contributed by atoms with Crippen LogP contribution >= 0.6 is 11.6 Å². The maximum absolute atomic E-state index is 13.1. The van der Waals surface area contributed by atoms with Crippen LogP contribution in [0.4, 0.5) is 4.39 Å². The Morgan fingerprint density at radius 2 is 1.95 bits per heavy atom. The molecule has 0 aliphatic rings. The number of nitrogens with zero attached hydrogens (tertiary/aromatic N) is 1. The second-order valence-electron chi connectivity index (χ2n) is 4.87. The second kappa shape index (κ2) is 5.80. The highest BCUT2D eigenvalue weighted by Crippen LogP contribution is 2.28. The number of aliphatic hydroxyl groups is 1. The van der Waals surface area contributed by atoms with Crippen LogP contribution in [0.1, 0.15) is 17.2 Å². The minimum Gasteiger partial charge on any atom is -0.388 e. The fourth-order valence-electron chi connectivity index (χ4n) is 2.42. The summed E-state index contributed by atoms with van der Waals surface area (Å²) in [6, 6.07) is 13.7. The number of pyridine rings is 1. The largest absolute Gasteiger partial charge is 0.388 e. The van der Waals surface area contributed by atoms with Gasteiger partial charge >= 0.3 is 0 Å². The molecule has 0 bridgehead atoms. The molecule has 0 radical (unpaired) electrons. The predicted octanol–water partition coefficient (Wildman–Crippen LogP) is 4.30. The Balaban J connectivity index is 1.94. The predicted molar refractivity (Wildman–Crippen MR) is 81.8 cm³/mol. The Morgan fingerprint density at radius 3 is 2.76 bits per heavy atom. The summed E-state index contributed by atoms with van der Waals surface area (Å²) in [7, 11) is 0. The SMILES string of the molecule is OC(Cc1ccnc2ccccc12)c1ccc(F)cc1Cl. The molecule has 1 aromatic heterocycles. The normalized spacial score (nSPS) is 12.5. The minimum absolute atomic E-state index is 0.237. The third-order valence-corrected chi connectivity index (χ3v) is 3.80. The summed E-state index contributed by atoms with van der Waals surface area (Å²) in [4.78, 5) is 4.29. The molecule has 1 unspecified atom stereocenters. The molecule has 0 amide bonds. The molecule has 21 heavy (non-hydrogen) atoms. The highest BCUT2D eigenvalue weighted by Gasteiger charge is 2.14. The first-order chi connectivity index (χ1) is 10.1. The number of fused-ring (bicyclic) bond motifs is 1. The molecule has 0 aliphatic carbocycles. The van der Waals surface area contributed by atoms with Crippen LogP contribution in [0.5, 0.6) is 0 Å². The van der Waals surface area contributed by atoms with Gasteiger partial charge in [-0.2, -0.15) is 0 Å². The summed E-state index contributed by atoms with van der Waals surface area (Å²) < 4.78 is 13.1. The van der Waals surface area contributed by atoms with E-state index in [-0.39, 0.29) is 5.02 Å². The van der Waals surface area contributed by atoms with Crippen LogP contribution < -0.4 is 0 Å². The van der Waals surface area contributed by atoms with Gasteiger partial charge in [-0.25, -0.2) is 4.39 Å². The molecule has 0 saturated heterocycles. The number of para-hydroxylation sites is 1. The zero-order valence-electron chi connectivity index (χ0n) is 11.1. The van der Waals surface area contributed by atoms with Crippen LogP contribution in [-0.4, -0.2) is 10.1 Å². The molecule has 0 saturated carbocycles. The zero-order chi connectivity index (χ0) is 14.8. The van der Waals surface area contributed by atoms with Gasteiger partial charge in [0.25, 0.3) is 0 Å². The van der Waals surface area contributed by atoms with E-state index < -0.39 is 11.9 Å². The van der Waals surface area contributed by atoms with Crippen LogP contribution in [0.25, 0.3) is 10.9 Å². The van der Waals surface area contributed by atoms with E-state index in [4.69, 9.17) is 11.6 Å². The number of rotatable bonds is 3. The topological polar surface area (TPSA) is 33.1 Å². The minimum atomic E-state index is -0.788. The van der Waals surface area contributed by atoms with Gasteiger partial charge < -0.3 is 5.11 Å². The van der Waals surface area contributed by atoms with Crippen molar-refractivity contribution in [1.82, 2.24) is 4.98 Å². The van der Waals surface area contributed by atoms with Gasteiger partial charge in [-0.05, 0) is 35.4 Å². The van der Waals surface area contributed by atoms with E-state index in [0.29, 0.717) is 12.0 Å². The average molecular weight is 302 g/mol. The number of hydrogen-bond donors (Lipinski definition) is 1. The third-order valence-electron chi connectivity index (χ3n) is 3.47. The van der Waals surface area contributed by atoms with Crippen molar-refractivity contribution in [3.63, 3.8) is 0 Å². The van der Waals surface area contributed by atoms with Crippen molar-refractivity contribution in [2.45, 2.75) is 12.5 Å². The summed E-state index contributed by atoms with van der Waals surface area (Å²) in [6.45, 7) is 0. The van der Waals surface area contributed by atoms with E-state index in [1.807, 2.05) is 30.3 Å². The summed E-state index contributed by atoms with van der Waals surface area (Å²) in [5, 5.41) is 11.6. The zero-order valence-corrected chi connectivity index (χ0v) is 11.9. The Bertz CT molecular complexity index is 785. The Kier molecular flexibility index (Phi) is 3.86. The Morgan fingerprint density at radius 1 is 1.14 bits per heavy atom. The molecule has 106 valence electrons. The summed E-state index contributed by atoms with van der Waals surface area (Å²) in [5.74, 6) is -0.412. The van der Waals surface area contributed by atoms with Crippen LogP contribution in [-0.2, 0) is 6.42 Å². The highest BCUT2D eigenvalue weighted by atomic mass is 35.5. The van der Waals surface area contributed by atoms with Gasteiger partial charge in [0, 0.05) is 23.0 Å². The summed E-state index contributed by atoms with van der Waals surface area (Å²) in [5.41, 5.74) is 2.39. The number of hydrogen-bond acceptors (Lipinski definition) is 2. The molecule has 3 aromatic rings. The molecule has 1 N–H and O–H groups in total. The van der Waals surface area contributed by atoms with Gasteiger partial charge in [-0.1, -0.05) is 35.9 Å². The summed E-state index contributed by atoms with van der Waals surface area (Å²) in [6.07, 6.45) is 1.33. The van der Waals surface area contributed by atoms with E-state index >= 15 is 0 Å². The molecule has 0 spiro atoms. The van der Waals surface area contributed by atoms with E-state index in [2.05, 4.69) is 4.98 Å². The maximum Gasteiger partial charge on any atom is 0.124 e. The van der Waals surface area contributed by atoms with E-state index in [1.165, 1.54) is 18.2 Å². The lowest BCUT2D eigenvalue weighted by Crippen LogP contribution is -2.03. The Labute approximate surface area is 126 Å². The molecule has 0 aliphatic heterocycles. The first-order valence-corrected chi connectivity index (χ1v) is 6.98. The number of aliphatic hydroxyl groups excluding tert-OH is 1. The second-order valence-corrected chi connectivity index (χ2v) is 5.28. The number of halogens is 2. The molecular formula is C17H13ClFNO. The van der Waals surface area contributed by atoms with Gasteiger partial charge in [-0.3, -0.25) is 4.98 Å². The first kappa shape index (κ1) is 14.0. The number of benzene rings is 2. The quantitative estimate of drug-likeness (QED) is 0.782. The van der Waals surface area contributed by atoms with Crippen LogP contribution in [0.2, 0.25) is 5.02 Å². The van der Waals surface area contributed by atoms with Crippen molar-refractivity contribution in [3.8, 4) is 0 Å². The van der Waals surface area contributed by atoms with Gasteiger partial charge in [0.2, 0.25) is 0 Å². The monoisotopic (exact) mass is 301 g/mol. The lowest BCUT2D eigenvalue weighted by molar-refractivity contribution is 0.179. The standard InChI is InChI=1S/C17H13ClFNO/c18-15-10-12(19)5-6-14(15)17(21)9-11-7-8-20-16-4-2-1-3-13(11)16/h1-8,10,17,21H,9H2. The third kappa shape index (κ3) is 2.89. The van der Waals surface area contributed by atoms with Crippen molar-refractivity contribution in [2.24, 2.45) is 0 Å². The molecule has 1 atom stereocenters. The molecule has 1 heterocycles. The van der Waals surface area contributed by atoms with Crippen LogP contribution in [0.15, 0.2) is 54.7 Å². The van der Waals surface area contributed by atoms with Gasteiger partial charge in [0.05, 0.1) is 11.6 Å². The van der Waals surface area contributed by atoms with Crippen molar-refractivity contribution >= 4 is 22.5 Å².